The Morgan fingerprint density at radius 1 is 1.86 bits per heavy atom. The molecule has 2 heteroatoms. The molecule has 0 radical (unpaired) electrons. The van der Waals surface area contributed by atoms with Gasteiger partial charge in [0.25, 0.3) is 0 Å². The Hall–Kier alpha value is -0.110. The first-order valence-corrected chi connectivity index (χ1v) is 2.96. The van der Waals surface area contributed by atoms with Crippen LogP contribution in [0, 0.1) is 5.41 Å². The Balaban J connectivity index is 3.49. The molecule has 0 aromatic rings. The third-order valence-electron chi connectivity index (χ3n) is 0.537. The second-order valence-electron chi connectivity index (χ2n) is 1.14. The van der Waals surface area contributed by atoms with Crippen LogP contribution in [0.4, 0.5) is 0 Å². The summed E-state index contributed by atoms with van der Waals surface area (Å²) in [6.07, 6.45) is 4.20. The minimum absolute atomic E-state index is 0.856. The highest BCUT2D eigenvalue weighted by atomic mass is 79.9. The molecule has 0 saturated heterocycles. The van der Waals surface area contributed by atoms with E-state index in [0.29, 0.717) is 0 Å². The predicted molar refractivity (Wildman–Crippen MR) is 36.1 cm³/mol. The summed E-state index contributed by atoms with van der Waals surface area (Å²) < 4.78 is 0.856. The van der Waals surface area contributed by atoms with Crippen LogP contribution in [-0.2, 0) is 0 Å². The molecule has 7 heavy (non-hydrogen) atoms. The Kier molecular flexibility index (Phi) is 4.00. The van der Waals surface area contributed by atoms with Crippen molar-refractivity contribution < 1.29 is 0 Å². The average Bonchev–Trinajstić information content (AvgIpc) is 1.68. The van der Waals surface area contributed by atoms with Crippen LogP contribution in [0.2, 0.25) is 0 Å². The lowest BCUT2D eigenvalue weighted by atomic mass is 10.4. The lowest BCUT2D eigenvalue weighted by Gasteiger charge is -1.79. The number of rotatable bonds is 2. The smallest absolute Gasteiger partial charge is 0.0316 e. The van der Waals surface area contributed by atoms with Gasteiger partial charge in [0.15, 0.2) is 0 Å². The van der Waals surface area contributed by atoms with E-state index in [1.807, 2.05) is 13.0 Å². The van der Waals surface area contributed by atoms with Gasteiger partial charge >= 0.3 is 0 Å². The Bertz CT molecular complexity index is 86.1. The highest BCUT2D eigenvalue weighted by Gasteiger charge is 1.76. The van der Waals surface area contributed by atoms with Gasteiger partial charge in [-0.3, -0.25) is 0 Å². The van der Waals surface area contributed by atoms with E-state index in [0.717, 1.165) is 10.9 Å². The lowest BCUT2D eigenvalue weighted by Crippen LogP contribution is -1.66. The van der Waals surface area contributed by atoms with Gasteiger partial charge in [-0.25, -0.2) is 0 Å². The van der Waals surface area contributed by atoms with E-state index in [1.54, 1.807) is 0 Å². The predicted octanol–water partition coefficient (Wildman–Crippen LogP) is 2.32. The Morgan fingerprint density at radius 3 is 2.57 bits per heavy atom. The number of halogens is 1. The fraction of sp³-hybridized carbons (Fsp3) is 0.400. The van der Waals surface area contributed by atoms with Crippen molar-refractivity contribution in [1.29, 1.82) is 5.41 Å². The fourth-order valence-electron chi connectivity index (χ4n) is 0.254. The summed E-state index contributed by atoms with van der Waals surface area (Å²) in [5.41, 5.74) is 0. The maximum absolute atomic E-state index is 6.67. The number of allylic oxidation sites excluding steroid dienone is 2. The van der Waals surface area contributed by atoms with Crippen LogP contribution in [0.15, 0.2) is 10.6 Å². The molecule has 0 aliphatic rings. The maximum atomic E-state index is 6.67. The van der Waals surface area contributed by atoms with E-state index in [9.17, 15) is 0 Å². The molecule has 1 nitrogen and oxygen atoms in total. The van der Waals surface area contributed by atoms with E-state index in [-0.39, 0.29) is 0 Å². The van der Waals surface area contributed by atoms with Crippen LogP contribution in [0.3, 0.4) is 0 Å². The van der Waals surface area contributed by atoms with Crippen LogP contribution in [-0.4, -0.2) is 6.21 Å². The topological polar surface area (TPSA) is 23.9 Å². The van der Waals surface area contributed by atoms with Gasteiger partial charge < -0.3 is 5.41 Å². The van der Waals surface area contributed by atoms with Gasteiger partial charge in [-0.1, -0.05) is 13.0 Å². The van der Waals surface area contributed by atoms with Crippen molar-refractivity contribution in [3.63, 3.8) is 0 Å². The first-order valence-electron chi connectivity index (χ1n) is 2.17. The molecule has 0 unspecified atom stereocenters. The minimum atomic E-state index is 0.856. The minimum Gasteiger partial charge on any atom is -0.308 e. The molecule has 0 rings (SSSR count). The van der Waals surface area contributed by atoms with E-state index in [2.05, 4.69) is 15.9 Å². The molecular formula is C5H8BrN. The number of nitrogens with one attached hydrogen (secondary N) is 1. The van der Waals surface area contributed by atoms with Crippen LogP contribution in [0.5, 0.6) is 0 Å². The molecule has 0 fully saturated rings. The molecule has 0 aliphatic carbocycles. The summed E-state index contributed by atoms with van der Waals surface area (Å²) in [7, 11) is 0. The van der Waals surface area contributed by atoms with Gasteiger partial charge in [-0.05, 0) is 22.4 Å². The van der Waals surface area contributed by atoms with Crippen molar-refractivity contribution in [2.24, 2.45) is 0 Å². The van der Waals surface area contributed by atoms with Crippen molar-refractivity contribution >= 4 is 22.1 Å². The lowest BCUT2D eigenvalue weighted by molar-refractivity contribution is 1.22. The van der Waals surface area contributed by atoms with Gasteiger partial charge in [0.2, 0.25) is 0 Å². The van der Waals surface area contributed by atoms with E-state index in [1.165, 1.54) is 6.21 Å². The largest absolute Gasteiger partial charge is 0.308 e. The molecule has 0 spiro atoms. The fourth-order valence-corrected chi connectivity index (χ4v) is 0.578. The standard InChI is InChI=1S/C5H8BrN/c1-2-3-5(6)4-7/h3-4,7H,2H2,1H3/b5-3+,7-4?. The summed E-state index contributed by atoms with van der Waals surface area (Å²) in [6, 6.07) is 0. The van der Waals surface area contributed by atoms with Gasteiger partial charge in [-0.15, -0.1) is 0 Å². The molecule has 0 bridgehead atoms. The molecule has 0 amide bonds. The normalized spacial score (nSPS) is 11.4. The zero-order chi connectivity index (χ0) is 5.70. The Morgan fingerprint density at radius 2 is 2.43 bits per heavy atom. The van der Waals surface area contributed by atoms with Crippen LogP contribution < -0.4 is 0 Å². The van der Waals surface area contributed by atoms with Crippen LogP contribution >= 0.6 is 15.9 Å². The molecular weight excluding hydrogens is 154 g/mol. The van der Waals surface area contributed by atoms with Crippen molar-refractivity contribution in [1.82, 2.24) is 0 Å². The van der Waals surface area contributed by atoms with Gasteiger partial charge in [-0.2, -0.15) is 0 Å². The summed E-state index contributed by atoms with van der Waals surface area (Å²) in [5.74, 6) is 0. The second-order valence-corrected chi connectivity index (χ2v) is 2.06. The molecule has 0 aliphatic heterocycles. The zero-order valence-electron chi connectivity index (χ0n) is 4.24. The monoisotopic (exact) mass is 161 g/mol. The zero-order valence-corrected chi connectivity index (χ0v) is 5.83. The highest BCUT2D eigenvalue weighted by Crippen LogP contribution is 1.99. The molecule has 40 valence electrons. The van der Waals surface area contributed by atoms with Crippen molar-refractivity contribution in [2.45, 2.75) is 13.3 Å². The summed E-state index contributed by atoms with van der Waals surface area (Å²) in [6.45, 7) is 2.03. The number of hydrogen-bond donors (Lipinski definition) is 1. The molecule has 0 aromatic heterocycles. The summed E-state index contributed by atoms with van der Waals surface area (Å²) in [5, 5.41) is 6.67. The van der Waals surface area contributed by atoms with E-state index < -0.39 is 0 Å². The number of hydrogen-bond acceptors (Lipinski definition) is 1. The molecule has 0 saturated carbocycles. The van der Waals surface area contributed by atoms with Gasteiger partial charge in [0, 0.05) is 10.7 Å². The average molecular weight is 162 g/mol. The first-order chi connectivity index (χ1) is 3.31. The maximum Gasteiger partial charge on any atom is 0.0316 e. The SMILES string of the molecule is CC/C=C(/Br)C=N. The molecule has 1 N–H and O–H groups in total. The Labute approximate surface area is 52.1 Å². The van der Waals surface area contributed by atoms with Crippen molar-refractivity contribution in [3.8, 4) is 0 Å². The van der Waals surface area contributed by atoms with Gasteiger partial charge in [0.05, 0.1) is 0 Å². The highest BCUT2D eigenvalue weighted by molar-refractivity contribution is 9.12. The first kappa shape index (κ1) is 6.89. The third-order valence-corrected chi connectivity index (χ3v) is 1.09. The van der Waals surface area contributed by atoms with Gasteiger partial charge in [0.1, 0.15) is 0 Å². The summed E-state index contributed by atoms with van der Waals surface area (Å²) in [4.78, 5) is 0. The van der Waals surface area contributed by atoms with Crippen molar-refractivity contribution in [2.75, 3.05) is 0 Å². The van der Waals surface area contributed by atoms with E-state index >= 15 is 0 Å². The second kappa shape index (κ2) is 4.06. The summed E-state index contributed by atoms with van der Waals surface area (Å²) >= 11 is 3.16. The molecule has 0 aromatic carbocycles. The molecule has 0 atom stereocenters. The van der Waals surface area contributed by atoms with E-state index in [4.69, 9.17) is 5.41 Å². The van der Waals surface area contributed by atoms with Crippen LogP contribution in [0.1, 0.15) is 13.3 Å². The molecule has 0 heterocycles. The third kappa shape index (κ3) is 3.73. The quantitative estimate of drug-likeness (QED) is 0.602. The van der Waals surface area contributed by atoms with Crippen molar-refractivity contribution in [3.05, 3.63) is 10.6 Å². The van der Waals surface area contributed by atoms with Crippen LogP contribution in [0.25, 0.3) is 0 Å².